The summed E-state index contributed by atoms with van der Waals surface area (Å²) in [6.07, 6.45) is 13.6. The minimum atomic E-state index is 0.226. The molecule has 0 spiro atoms. The van der Waals surface area contributed by atoms with Crippen molar-refractivity contribution in [3.63, 3.8) is 0 Å². The zero-order valence-electron chi connectivity index (χ0n) is 11.4. The van der Waals surface area contributed by atoms with Gasteiger partial charge in [-0.25, -0.2) is 0 Å². The Kier molecular flexibility index (Phi) is 11.0. The van der Waals surface area contributed by atoms with E-state index in [9.17, 15) is 0 Å². The topological polar surface area (TPSA) is 26.0 Å². The highest BCUT2D eigenvalue weighted by molar-refractivity contribution is 4.99. The van der Waals surface area contributed by atoms with Gasteiger partial charge in [-0.05, 0) is 13.3 Å². The maximum absolute atomic E-state index is 5.91. The lowest BCUT2D eigenvalue weighted by molar-refractivity contribution is 0.542. The van der Waals surface area contributed by atoms with Gasteiger partial charge >= 0.3 is 0 Å². The summed E-state index contributed by atoms with van der Waals surface area (Å²) in [5.41, 5.74) is 7.04. The fourth-order valence-electron chi connectivity index (χ4n) is 1.92. The molecule has 0 bridgehead atoms. The van der Waals surface area contributed by atoms with Crippen molar-refractivity contribution in [1.29, 1.82) is 0 Å². The predicted molar refractivity (Wildman–Crippen MR) is 74.6 cm³/mol. The van der Waals surface area contributed by atoms with Crippen LogP contribution in [0.15, 0.2) is 12.2 Å². The molecule has 0 aromatic rings. The van der Waals surface area contributed by atoms with Gasteiger partial charge in [0, 0.05) is 6.04 Å². The van der Waals surface area contributed by atoms with Gasteiger partial charge in [-0.15, -0.1) is 0 Å². The van der Waals surface area contributed by atoms with Crippen molar-refractivity contribution in [2.24, 2.45) is 5.73 Å². The Hall–Kier alpha value is -0.300. The van der Waals surface area contributed by atoms with E-state index in [1.165, 1.54) is 57.8 Å². The second-order valence-corrected chi connectivity index (χ2v) is 5.07. The summed E-state index contributed by atoms with van der Waals surface area (Å²) >= 11 is 0. The summed E-state index contributed by atoms with van der Waals surface area (Å²) in [4.78, 5) is 0. The Labute approximate surface area is 102 Å². The number of hydrogen-bond donors (Lipinski definition) is 1. The van der Waals surface area contributed by atoms with E-state index in [-0.39, 0.29) is 6.04 Å². The molecule has 0 amide bonds. The van der Waals surface area contributed by atoms with Gasteiger partial charge in [0.25, 0.3) is 0 Å². The van der Waals surface area contributed by atoms with Crippen LogP contribution in [0.25, 0.3) is 0 Å². The monoisotopic (exact) mass is 225 g/mol. The van der Waals surface area contributed by atoms with Crippen LogP contribution in [0.4, 0.5) is 0 Å². The molecule has 0 saturated carbocycles. The quantitative estimate of drug-likeness (QED) is 0.396. The van der Waals surface area contributed by atoms with Crippen molar-refractivity contribution >= 4 is 0 Å². The van der Waals surface area contributed by atoms with Gasteiger partial charge in [0.1, 0.15) is 0 Å². The van der Waals surface area contributed by atoms with E-state index in [1.807, 2.05) is 6.92 Å². The second kappa shape index (κ2) is 11.2. The van der Waals surface area contributed by atoms with E-state index in [0.717, 1.165) is 12.0 Å². The smallest absolute Gasteiger partial charge is 0.0248 e. The Morgan fingerprint density at radius 3 is 1.81 bits per heavy atom. The number of unbranched alkanes of at least 4 members (excludes halogenated alkanes) is 8. The first kappa shape index (κ1) is 15.7. The molecule has 16 heavy (non-hydrogen) atoms. The van der Waals surface area contributed by atoms with Gasteiger partial charge in [-0.2, -0.15) is 0 Å². The molecule has 1 nitrogen and oxygen atoms in total. The molecule has 0 aliphatic rings. The SMILES string of the molecule is C=C(C)C(N)CCCCCCCCCCC. The first-order valence-corrected chi connectivity index (χ1v) is 7.09. The molecule has 0 aliphatic carbocycles. The van der Waals surface area contributed by atoms with E-state index < -0.39 is 0 Å². The lowest BCUT2D eigenvalue weighted by atomic mass is 10.0. The molecule has 0 radical (unpaired) electrons. The minimum Gasteiger partial charge on any atom is -0.324 e. The fraction of sp³-hybridized carbons (Fsp3) is 0.867. The van der Waals surface area contributed by atoms with Gasteiger partial charge in [0.05, 0.1) is 0 Å². The van der Waals surface area contributed by atoms with Crippen molar-refractivity contribution in [2.75, 3.05) is 0 Å². The van der Waals surface area contributed by atoms with Crippen molar-refractivity contribution in [3.8, 4) is 0 Å². The Morgan fingerprint density at radius 2 is 1.38 bits per heavy atom. The standard InChI is InChI=1S/C15H31N/c1-4-5-6-7-8-9-10-11-12-13-15(16)14(2)3/h15H,2,4-13,16H2,1,3H3. The highest BCUT2D eigenvalue weighted by Gasteiger charge is 2.01. The molecule has 0 rings (SSSR count). The summed E-state index contributed by atoms with van der Waals surface area (Å²) in [5, 5.41) is 0. The van der Waals surface area contributed by atoms with Crippen LogP contribution in [-0.2, 0) is 0 Å². The highest BCUT2D eigenvalue weighted by Crippen LogP contribution is 2.12. The van der Waals surface area contributed by atoms with E-state index in [2.05, 4.69) is 13.5 Å². The Morgan fingerprint density at radius 1 is 0.938 bits per heavy atom. The van der Waals surface area contributed by atoms with Crippen molar-refractivity contribution in [3.05, 3.63) is 12.2 Å². The van der Waals surface area contributed by atoms with Crippen LogP contribution >= 0.6 is 0 Å². The number of hydrogen-bond acceptors (Lipinski definition) is 1. The Bertz CT molecular complexity index is 163. The van der Waals surface area contributed by atoms with Crippen molar-refractivity contribution < 1.29 is 0 Å². The Balaban J connectivity index is 3.07. The van der Waals surface area contributed by atoms with Gasteiger partial charge in [-0.1, -0.05) is 76.9 Å². The van der Waals surface area contributed by atoms with Crippen LogP contribution in [0.2, 0.25) is 0 Å². The van der Waals surface area contributed by atoms with Crippen molar-refractivity contribution in [2.45, 2.75) is 84.1 Å². The molecule has 0 aromatic heterocycles. The maximum atomic E-state index is 5.91. The predicted octanol–water partition coefficient (Wildman–Crippen LogP) is 4.81. The molecular weight excluding hydrogens is 194 g/mol. The largest absolute Gasteiger partial charge is 0.324 e. The highest BCUT2D eigenvalue weighted by atomic mass is 14.6. The lowest BCUT2D eigenvalue weighted by Crippen LogP contribution is -2.20. The van der Waals surface area contributed by atoms with E-state index in [4.69, 9.17) is 5.73 Å². The zero-order chi connectivity index (χ0) is 12.2. The van der Waals surface area contributed by atoms with Crippen LogP contribution in [0, 0.1) is 0 Å². The summed E-state index contributed by atoms with van der Waals surface area (Å²) in [6, 6.07) is 0.226. The number of nitrogens with two attached hydrogens (primary N) is 1. The van der Waals surface area contributed by atoms with E-state index in [0.29, 0.717) is 0 Å². The molecule has 0 saturated heterocycles. The average Bonchev–Trinajstić information content (AvgIpc) is 2.26. The molecule has 1 heteroatoms. The molecule has 0 aromatic carbocycles. The molecule has 1 atom stereocenters. The lowest BCUT2D eigenvalue weighted by Gasteiger charge is -2.10. The molecule has 0 fully saturated rings. The van der Waals surface area contributed by atoms with Gasteiger partial charge in [-0.3, -0.25) is 0 Å². The molecule has 2 N–H and O–H groups in total. The molecule has 0 aliphatic heterocycles. The second-order valence-electron chi connectivity index (χ2n) is 5.07. The molecule has 96 valence electrons. The van der Waals surface area contributed by atoms with Gasteiger partial charge in [0.2, 0.25) is 0 Å². The molecule has 1 unspecified atom stereocenters. The van der Waals surface area contributed by atoms with Crippen molar-refractivity contribution in [1.82, 2.24) is 0 Å². The summed E-state index contributed by atoms with van der Waals surface area (Å²) in [5.74, 6) is 0. The summed E-state index contributed by atoms with van der Waals surface area (Å²) < 4.78 is 0. The van der Waals surface area contributed by atoms with E-state index in [1.54, 1.807) is 0 Å². The minimum absolute atomic E-state index is 0.226. The molecule has 0 heterocycles. The third-order valence-electron chi connectivity index (χ3n) is 3.25. The third-order valence-corrected chi connectivity index (χ3v) is 3.25. The van der Waals surface area contributed by atoms with Gasteiger partial charge in [0.15, 0.2) is 0 Å². The third kappa shape index (κ3) is 10.2. The number of rotatable bonds is 11. The normalized spacial score (nSPS) is 12.7. The first-order chi connectivity index (χ1) is 7.68. The zero-order valence-corrected chi connectivity index (χ0v) is 11.4. The van der Waals surface area contributed by atoms with Gasteiger partial charge < -0.3 is 5.73 Å². The van der Waals surface area contributed by atoms with Crippen LogP contribution in [-0.4, -0.2) is 6.04 Å². The fourth-order valence-corrected chi connectivity index (χ4v) is 1.92. The van der Waals surface area contributed by atoms with Crippen LogP contribution in [0.5, 0.6) is 0 Å². The van der Waals surface area contributed by atoms with Crippen LogP contribution < -0.4 is 5.73 Å². The summed E-state index contributed by atoms with van der Waals surface area (Å²) in [6.45, 7) is 8.18. The van der Waals surface area contributed by atoms with Crippen LogP contribution in [0.1, 0.15) is 78.1 Å². The van der Waals surface area contributed by atoms with Crippen LogP contribution in [0.3, 0.4) is 0 Å². The molecular formula is C15H31N. The first-order valence-electron chi connectivity index (χ1n) is 7.09. The van der Waals surface area contributed by atoms with E-state index >= 15 is 0 Å². The summed E-state index contributed by atoms with van der Waals surface area (Å²) in [7, 11) is 0. The average molecular weight is 225 g/mol. The maximum Gasteiger partial charge on any atom is 0.0248 e.